The maximum Gasteiger partial charge on any atom is 0.0649 e. The fourth-order valence-corrected chi connectivity index (χ4v) is 4.90. The second kappa shape index (κ2) is 5.95. The Morgan fingerprint density at radius 3 is 3.00 bits per heavy atom. The van der Waals surface area contributed by atoms with E-state index in [2.05, 4.69) is 37.5 Å². The highest BCUT2D eigenvalue weighted by atomic mass is 32.2. The molecule has 2 atom stereocenters. The van der Waals surface area contributed by atoms with E-state index in [9.17, 15) is 0 Å². The summed E-state index contributed by atoms with van der Waals surface area (Å²) < 4.78 is 1.48. The van der Waals surface area contributed by atoms with E-state index in [0.717, 1.165) is 13.0 Å². The van der Waals surface area contributed by atoms with Crippen LogP contribution in [-0.4, -0.2) is 23.5 Å². The summed E-state index contributed by atoms with van der Waals surface area (Å²) in [4.78, 5) is 0. The number of nitrogens with one attached hydrogen (secondary N) is 1. The smallest absolute Gasteiger partial charge is 0.0649 e. The summed E-state index contributed by atoms with van der Waals surface area (Å²) in [6, 6.07) is 2.75. The molecule has 1 aliphatic heterocycles. The summed E-state index contributed by atoms with van der Waals surface area (Å²) in [6.07, 6.45) is 2.05. The second-order valence-electron chi connectivity index (χ2n) is 5.90. The number of hydrogen-bond donors (Lipinski definition) is 2. The molecular formula is C14H23NOS2. The van der Waals surface area contributed by atoms with Crippen molar-refractivity contribution in [2.24, 2.45) is 5.41 Å². The molecule has 0 spiro atoms. The van der Waals surface area contributed by atoms with Crippen molar-refractivity contribution in [3.8, 4) is 0 Å². The molecule has 1 aliphatic rings. The van der Waals surface area contributed by atoms with Crippen molar-refractivity contribution in [3.63, 3.8) is 0 Å². The van der Waals surface area contributed by atoms with E-state index in [1.54, 1.807) is 0 Å². The molecule has 2 nitrogen and oxygen atoms in total. The van der Waals surface area contributed by atoms with Gasteiger partial charge in [-0.1, -0.05) is 20.8 Å². The molecular weight excluding hydrogens is 262 g/mol. The highest BCUT2D eigenvalue weighted by Gasteiger charge is 2.27. The number of aliphatic hydroxyl groups excluding tert-OH is 1. The maximum absolute atomic E-state index is 9.08. The predicted molar refractivity (Wildman–Crippen MR) is 80.5 cm³/mol. The lowest BCUT2D eigenvalue weighted by Crippen LogP contribution is -2.35. The molecule has 2 rings (SSSR count). The zero-order valence-electron chi connectivity index (χ0n) is 11.4. The molecule has 1 aromatic heterocycles. The van der Waals surface area contributed by atoms with Crippen LogP contribution < -0.4 is 5.32 Å². The van der Waals surface area contributed by atoms with Crippen molar-refractivity contribution >= 4 is 23.1 Å². The third-order valence-corrected chi connectivity index (χ3v) is 5.87. The molecule has 0 aliphatic carbocycles. The van der Waals surface area contributed by atoms with Crippen LogP contribution >= 0.6 is 23.1 Å². The van der Waals surface area contributed by atoms with Crippen LogP contribution in [-0.2, 0) is 0 Å². The van der Waals surface area contributed by atoms with Crippen LogP contribution in [0.4, 0.5) is 0 Å². The molecule has 0 saturated carbocycles. The standard InChI is InChI=1S/C14H23NOS2/c1-10-8-12(11-4-7-17-13(11)18-10)15-9-14(2,3)5-6-16/h4,7,10,12,15-16H,5-6,8-9H2,1-3H3/t10-,12?/m0/s1. The van der Waals surface area contributed by atoms with Crippen LogP contribution in [0, 0.1) is 5.41 Å². The van der Waals surface area contributed by atoms with Gasteiger partial charge in [-0.2, -0.15) is 0 Å². The van der Waals surface area contributed by atoms with Crippen LogP contribution in [0.25, 0.3) is 0 Å². The molecule has 0 bridgehead atoms. The number of fused-ring (bicyclic) bond motifs is 1. The van der Waals surface area contributed by atoms with E-state index in [0.29, 0.717) is 11.3 Å². The molecule has 2 heterocycles. The van der Waals surface area contributed by atoms with Gasteiger partial charge in [-0.05, 0) is 35.3 Å². The molecule has 0 radical (unpaired) electrons. The minimum Gasteiger partial charge on any atom is -0.396 e. The summed E-state index contributed by atoms with van der Waals surface area (Å²) in [5.74, 6) is 0. The molecule has 102 valence electrons. The van der Waals surface area contributed by atoms with Crippen LogP contribution in [0.5, 0.6) is 0 Å². The van der Waals surface area contributed by atoms with Gasteiger partial charge in [-0.25, -0.2) is 0 Å². The van der Waals surface area contributed by atoms with Crippen molar-refractivity contribution < 1.29 is 5.11 Å². The Balaban J connectivity index is 1.98. The fraction of sp³-hybridized carbons (Fsp3) is 0.714. The van der Waals surface area contributed by atoms with Gasteiger partial charge in [-0.3, -0.25) is 0 Å². The van der Waals surface area contributed by atoms with Crippen LogP contribution in [0.2, 0.25) is 0 Å². The number of thioether (sulfide) groups is 1. The lowest BCUT2D eigenvalue weighted by atomic mass is 9.89. The SMILES string of the molecule is C[C@H]1CC(NCC(C)(C)CCO)c2ccsc2S1. The van der Waals surface area contributed by atoms with Gasteiger partial charge in [-0.15, -0.1) is 23.1 Å². The van der Waals surface area contributed by atoms with E-state index in [-0.39, 0.29) is 12.0 Å². The molecule has 0 saturated heterocycles. The van der Waals surface area contributed by atoms with Crippen LogP contribution in [0.1, 0.15) is 45.2 Å². The zero-order valence-corrected chi connectivity index (χ0v) is 13.0. The third-order valence-electron chi connectivity index (χ3n) is 3.53. The Morgan fingerprint density at radius 1 is 1.50 bits per heavy atom. The van der Waals surface area contributed by atoms with Crippen molar-refractivity contribution in [1.29, 1.82) is 0 Å². The Labute approximate surface area is 118 Å². The quantitative estimate of drug-likeness (QED) is 0.866. The lowest BCUT2D eigenvalue weighted by Gasteiger charge is -2.32. The van der Waals surface area contributed by atoms with Gasteiger partial charge >= 0.3 is 0 Å². The molecule has 0 aromatic carbocycles. The lowest BCUT2D eigenvalue weighted by molar-refractivity contribution is 0.201. The van der Waals surface area contributed by atoms with E-state index in [4.69, 9.17) is 5.11 Å². The van der Waals surface area contributed by atoms with Crippen molar-refractivity contribution in [2.45, 2.75) is 49.1 Å². The highest BCUT2D eigenvalue weighted by molar-refractivity contribution is 8.01. The summed E-state index contributed by atoms with van der Waals surface area (Å²) in [5.41, 5.74) is 1.64. The van der Waals surface area contributed by atoms with Crippen LogP contribution in [0.3, 0.4) is 0 Å². The van der Waals surface area contributed by atoms with Gasteiger partial charge in [0.25, 0.3) is 0 Å². The first kappa shape index (κ1) is 14.4. The van der Waals surface area contributed by atoms with Gasteiger partial charge in [0, 0.05) is 24.4 Å². The van der Waals surface area contributed by atoms with E-state index >= 15 is 0 Å². The Kier molecular flexibility index (Phi) is 4.75. The summed E-state index contributed by atoms with van der Waals surface area (Å²) in [6.45, 7) is 7.97. The number of rotatable bonds is 5. The van der Waals surface area contributed by atoms with Gasteiger partial charge in [0.1, 0.15) is 0 Å². The van der Waals surface area contributed by atoms with E-state index in [1.165, 1.54) is 16.2 Å². The number of thiophene rings is 1. The second-order valence-corrected chi connectivity index (χ2v) is 8.52. The average molecular weight is 285 g/mol. The highest BCUT2D eigenvalue weighted by Crippen LogP contribution is 2.43. The monoisotopic (exact) mass is 285 g/mol. The molecule has 4 heteroatoms. The molecule has 18 heavy (non-hydrogen) atoms. The third kappa shape index (κ3) is 3.50. The number of aliphatic hydroxyl groups is 1. The Hall–Kier alpha value is -0.0300. The summed E-state index contributed by atoms with van der Waals surface area (Å²) in [5, 5.41) is 15.7. The normalized spacial score (nSPS) is 24.0. The molecule has 0 fully saturated rings. The van der Waals surface area contributed by atoms with Crippen LogP contribution in [0.15, 0.2) is 15.7 Å². The van der Waals surface area contributed by atoms with Crippen molar-refractivity contribution in [2.75, 3.05) is 13.2 Å². The van der Waals surface area contributed by atoms with Crippen molar-refractivity contribution in [3.05, 3.63) is 17.0 Å². The number of hydrogen-bond acceptors (Lipinski definition) is 4. The summed E-state index contributed by atoms with van der Waals surface area (Å²) in [7, 11) is 0. The maximum atomic E-state index is 9.08. The first-order valence-corrected chi connectivity index (χ1v) is 8.36. The topological polar surface area (TPSA) is 32.3 Å². The molecule has 2 N–H and O–H groups in total. The van der Waals surface area contributed by atoms with Crippen molar-refractivity contribution in [1.82, 2.24) is 5.32 Å². The molecule has 1 unspecified atom stereocenters. The fourth-order valence-electron chi connectivity index (χ4n) is 2.33. The van der Waals surface area contributed by atoms with E-state index < -0.39 is 0 Å². The minimum atomic E-state index is 0.165. The average Bonchev–Trinajstić information content (AvgIpc) is 2.73. The predicted octanol–water partition coefficient (Wildman–Crippen LogP) is 3.67. The Morgan fingerprint density at radius 2 is 2.28 bits per heavy atom. The summed E-state index contributed by atoms with van der Waals surface area (Å²) >= 11 is 3.86. The first-order valence-electron chi connectivity index (χ1n) is 6.60. The molecule has 1 aromatic rings. The Bertz CT molecular complexity index is 389. The van der Waals surface area contributed by atoms with Gasteiger partial charge in [0.05, 0.1) is 4.21 Å². The van der Waals surface area contributed by atoms with Gasteiger partial charge < -0.3 is 10.4 Å². The van der Waals surface area contributed by atoms with Gasteiger partial charge in [0.2, 0.25) is 0 Å². The van der Waals surface area contributed by atoms with Gasteiger partial charge in [0.15, 0.2) is 0 Å². The zero-order chi connectivity index (χ0) is 13.2. The molecule has 0 amide bonds. The van der Waals surface area contributed by atoms with E-state index in [1.807, 2.05) is 23.1 Å². The first-order chi connectivity index (χ1) is 8.52. The minimum absolute atomic E-state index is 0.165. The largest absolute Gasteiger partial charge is 0.396 e.